The second-order valence-corrected chi connectivity index (χ2v) is 8.37. The third-order valence-electron chi connectivity index (χ3n) is 6.30. The minimum atomic E-state index is -0.710. The summed E-state index contributed by atoms with van der Waals surface area (Å²) < 4.78 is 5.73. The normalized spacial score (nSPS) is 36.9. The van der Waals surface area contributed by atoms with Crippen LogP contribution < -0.4 is 0 Å². The average molecular weight is 345 g/mol. The van der Waals surface area contributed by atoms with Crippen LogP contribution in [0.1, 0.15) is 57.1 Å². The fourth-order valence-electron chi connectivity index (χ4n) is 5.70. The molecule has 0 aliphatic heterocycles. The Bertz CT molecular complexity index is 716. The van der Waals surface area contributed by atoms with Crippen molar-refractivity contribution in [2.24, 2.45) is 17.3 Å². The van der Waals surface area contributed by atoms with Gasteiger partial charge in [0.05, 0.1) is 15.9 Å². The predicted octanol–water partition coefficient (Wildman–Crippen LogP) is 3.53. The first-order valence-corrected chi connectivity index (χ1v) is 8.96. The molecule has 2 unspecified atom stereocenters. The van der Waals surface area contributed by atoms with Crippen LogP contribution in [0.4, 0.5) is 5.69 Å². The van der Waals surface area contributed by atoms with Crippen molar-refractivity contribution >= 4 is 11.7 Å². The van der Waals surface area contributed by atoms with Crippen LogP contribution in [-0.2, 0) is 9.53 Å². The predicted molar refractivity (Wildman–Crippen MR) is 89.7 cm³/mol. The van der Waals surface area contributed by atoms with E-state index in [4.69, 9.17) is 4.74 Å². The standard InChI is InChI=1S/C19H23NO5/c1-12(15-3-2-4-16(6-15)20(23)24)25-17(21)18-7-13-5-14(8-18)10-19(22,9-13)11-18/h2-4,6,12-14,22H,5,7-11H2,1H3/t12-,13-,14+,18?,19?/m0/s1. The summed E-state index contributed by atoms with van der Waals surface area (Å²) in [5.41, 5.74) is -0.679. The molecule has 0 radical (unpaired) electrons. The summed E-state index contributed by atoms with van der Waals surface area (Å²) in [6, 6.07) is 6.21. The Kier molecular flexibility index (Phi) is 3.65. The van der Waals surface area contributed by atoms with Crippen LogP contribution in [0.5, 0.6) is 0 Å². The van der Waals surface area contributed by atoms with E-state index in [2.05, 4.69) is 0 Å². The Morgan fingerprint density at radius 2 is 2.00 bits per heavy atom. The van der Waals surface area contributed by atoms with Gasteiger partial charge in [0.2, 0.25) is 0 Å². The number of aliphatic hydroxyl groups is 1. The van der Waals surface area contributed by atoms with Gasteiger partial charge in [0, 0.05) is 12.1 Å². The van der Waals surface area contributed by atoms with E-state index in [1.807, 2.05) is 0 Å². The monoisotopic (exact) mass is 345 g/mol. The van der Waals surface area contributed by atoms with Gasteiger partial charge in [-0.05, 0) is 62.8 Å². The van der Waals surface area contributed by atoms with E-state index in [-0.39, 0.29) is 11.7 Å². The lowest BCUT2D eigenvalue weighted by Gasteiger charge is -2.58. The van der Waals surface area contributed by atoms with Crippen molar-refractivity contribution in [3.8, 4) is 0 Å². The first kappa shape index (κ1) is 16.5. The van der Waals surface area contributed by atoms with Crippen molar-refractivity contribution in [3.05, 3.63) is 39.9 Å². The van der Waals surface area contributed by atoms with Gasteiger partial charge in [-0.2, -0.15) is 0 Å². The van der Waals surface area contributed by atoms with Gasteiger partial charge >= 0.3 is 5.97 Å². The maximum Gasteiger partial charge on any atom is 0.312 e. The third-order valence-corrected chi connectivity index (χ3v) is 6.30. The highest BCUT2D eigenvalue weighted by molar-refractivity contribution is 5.78. The van der Waals surface area contributed by atoms with E-state index in [1.165, 1.54) is 12.1 Å². The van der Waals surface area contributed by atoms with Crippen molar-refractivity contribution in [1.82, 2.24) is 0 Å². The first-order chi connectivity index (χ1) is 11.8. The Labute approximate surface area is 146 Å². The summed E-state index contributed by atoms with van der Waals surface area (Å²) in [6.45, 7) is 1.74. The molecule has 0 heterocycles. The average Bonchev–Trinajstić information content (AvgIpc) is 2.52. The molecule has 4 aliphatic carbocycles. The molecule has 1 N–H and O–H groups in total. The lowest BCUT2D eigenvalue weighted by atomic mass is 9.48. The zero-order chi connectivity index (χ0) is 17.8. The molecule has 0 amide bonds. The number of nitro groups is 1. The van der Waals surface area contributed by atoms with E-state index < -0.39 is 22.0 Å². The Hall–Kier alpha value is -1.95. The summed E-state index contributed by atoms with van der Waals surface area (Å²) in [5.74, 6) is 0.567. The van der Waals surface area contributed by atoms with Crippen LogP contribution in [0.3, 0.4) is 0 Å². The summed E-state index contributed by atoms with van der Waals surface area (Å²) >= 11 is 0. The number of benzene rings is 1. The molecule has 6 nitrogen and oxygen atoms in total. The van der Waals surface area contributed by atoms with E-state index in [0.717, 1.165) is 32.1 Å². The van der Waals surface area contributed by atoms with Gasteiger partial charge in [-0.3, -0.25) is 14.9 Å². The SMILES string of the molecule is C[C@H](OC(=O)C12C[C@@H]3C[C@@H](CC(O)(C3)C1)C2)c1cccc([N+](=O)[O-])c1. The molecule has 0 aromatic heterocycles. The molecule has 5 atom stereocenters. The van der Waals surface area contributed by atoms with Gasteiger partial charge < -0.3 is 9.84 Å². The van der Waals surface area contributed by atoms with Crippen LogP contribution in [0.2, 0.25) is 0 Å². The van der Waals surface area contributed by atoms with E-state index in [9.17, 15) is 20.0 Å². The zero-order valence-corrected chi connectivity index (χ0v) is 14.3. The number of carbonyl (C=O) groups excluding carboxylic acids is 1. The molecule has 5 rings (SSSR count). The summed E-state index contributed by atoms with van der Waals surface area (Å²) in [7, 11) is 0. The minimum absolute atomic E-state index is 0.00971. The van der Waals surface area contributed by atoms with Crippen LogP contribution >= 0.6 is 0 Å². The smallest absolute Gasteiger partial charge is 0.312 e. The van der Waals surface area contributed by atoms with E-state index in [0.29, 0.717) is 23.8 Å². The largest absolute Gasteiger partial charge is 0.457 e. The fourth-order valence-corrected chi connectivity index (χ4v) is 5.70. The van der Waals surface area contributed by atoms with Crippen molar-refractivity contribution in [2.75, 3.05) is 0 Å². The lowest BCUT2D eigenvalue weighted by Crippen LogP contribution is -2.58. The van der Waals surface area contributed by atoms with Crippen molar-refractivity contribution in [2.45, 2.75) is 57.2 Å². The highest BCUT2D eigenvalue weighted by Gasteiger charge is 2.61. The van der Waals surface area contributed by atoms with Gasteiger partial charge in [0.15, 0.2) is 0 Å². The number of non-ortho nitro benzene ring substituents is 1. The quantitative estimate of drug-likeness (QED) is 0.512. The molecule has 4 saturated carbocycles. The number of nitro benzene ring substituents is 1. The van der Waals surface area contributed by atoms with Crippen LogP contribution in [0.15, 0.2) is 24.3 Å². The summed E-state index contributed by atoms with van der Waals surface area (Å²) in [6.07, 6.45) is 4.26. The van der Waals surface area contributed by atoms with Crippen LogP contribution in [0.25, 0.3) is 0 Å². The molecular formula is C19H23NO5. The molecule has 4 aliphatic rings. The van der Waals surface area contributed by atoms with E-state index >= 15 is 0 Å². The second kappa shape index (κ2) is 5.53. The highest BCUT2D eigenvalue weighted by Crippen LogP contribution is 2.62. The topological polar surface area (TPSA) is 89.7 Å². The zero-order valence-electron chi connectivity index (χ0n) is 14.3. The second-order valence-electron chi connectivity index (χ2n) is 8.37. The highest BCUT2D eigenvalue weighted by atomic mass is 16.6. The molecule has 0 spiro atoms. The van der Waals surface area contributed by atoms with Gasteiger partial charge in [-0.1, -0.05) is 12.1 Å². The Morgan fingerprint density at radius 3 is 2.60 bits per heavy atom. The van der Waals surface area contributed by atoms with E-state index in [1.54, 1.807) is 19.1 Å². The Morgan fingerprint density at radius 1 is 1.32 bits per heavy atom. The Balaban J connectivity index is 1.52. The lowest BCUT2D eigenvalue weighted by molar-refractivity contribution is -0.385. The molecule has 6 heteroatoms. The summed E-state index contributed by atoms with van der Waals surface area (Å²) in [5, 5.41) is 21.7. The molecule has 25 heavy (non-hydrogen) atoms. The number of ether oxygens (including phenoxy) is 1. The number of hydrogen-bond donors (Lipinski definition) is 1. The maximum absolute atomic E-state index is 13.0. The molecule has 0 saturated heterocycles. The van der Waals surface area contributed by atoms with Crippen LogP contribution in [-0.4, -0.2) is 21.6 Å². The number of carbonyl (C=O) groups is 1. The number of rotatable bonds is 4. The van der Waals surface area contributed by atoms with Gasteiger partial charge in [-0.25, -0.2) is 0 Å². The molecule has 4 fully saturated rings. The van der Waals surface area contributed by atoms with Gasteiger partial charge in [-0.15, -0.1) is 0 Å². The van der Waals surface area contributed by atoms with Gasteiger partial charge in [0.25, 0.3) is 5.69 Å². The fraction of sp³-hybridized carbons (Fsp3) is 0.632. The third kappa shape index (κ3) is 2.82. The molecule has 1 aromatic carbocycles. The first-order valence-electron chi connectivity index (χ1n) is 8.96. The van der Waals surface area contributed by atoms with Crippen LogP contribution in [0, 0.1) is 27.4 Å². The number of hydrogen-bond acceptors (Lipinski definition) is 5. The molecule has 134 valence electrons. The number of esters is 1. The van der Waals surface area contributed by atoms with Gasteiger partial charge in [0.1, 0.15) is 6.10 Å². The molecular weight excluding hydrogens is 322 g/mol. The van der Waals surface area contributed by atoms with Crippen molar-refractivity contribution in [1.29, 1.82) is 0 Å². The maximum atomic E-state index is 13.0. The number of nitrogens with zero attached hydrogens (tertiary/aromatic N) is 1. The van der Waals surface area contributed by atoms with Crippen molar-refractivity contribution < 1.29 is 19.6 Å². The van der Waals surface area contributed by atoms with Crippen molar-refractivity contribution in [3.63, 3.8) is 0 Å². The molecule has 1 aromatic rings. The minimum Gasteiger partial charge on any atom is -0.457 e. The molecule has 4 bridgehead atoms. The summed E-state index contributed by atoms with van der Waals surface area (Å²) in [4.78, 5) is 23.5.